The first kappa shape index (κ1) is 24.3. The van der Waals surface area contributed by atoms with Crippen LogP contribution in [0, 0.1) is 26.8 Å². The normalized spacial score (nSPS) is 11.4. The first-order valence-electron chi connectivity index (χ1n) is 5.50. The second kappa shape index (κ2) is 11.0. The summed E-state index contributed by atoms with van der Waals surface area (Å²) < 4.78 is 0. The summed E-state index contributed by atoms with van der Waals surface area (Å²) >= 11 is 0. The van der Waals surface area contributed by atoms with E-state index in [-0.39, 0.29) is 58.9 Å². The van der Waals surface area contributed by atoms with Gasteiger partial charge in [0.15, 0.2) is 0 Å². The number of hydrogen-bond acceptors (Lipinski definition) is 0. The smallest absolute Gasteiger partial charge is 1.00 e. The van der Waals surface area contributed by atoms with Crippen LogP contribution < -0.4 is 37.2 Å². The molecule has 0 unspecified atom stereocenters. The molecule has 0 N–H and O–H groups in total. The Kier molecular flexibility index (Phi) is 14.1. The number of benzene rings is 1. The van der Waals surface area contributed by atoms with Crippen LogP contribution in [-0.4, -0.2) is 0 Å². The van der Waals surface area contributed by atoms with Crippen molar-refractivity contribution < 1.29 is 58.9 Å². The van der Waals surface area contributed by atoms with Crippen LogP contribution in [0.2, 0.25) is 0 Å². The van der Waals surface area contributed by atoms with E-state index in [0.29, 0.717) is 0 Å². The molecule has 1 aliphatic rings. The average molecular weight is 352 g/mol. The Hall–Kier alpha value is 0.284. The van der Waals surface area contributed by atoms with Crippen molar-refractivity contribution in [1.29, 1.82) is 0 Å². The van der Waals surface area contributed by atoms with E-state index in [2.05, 4.69) is 45.1 Å². The van der Waals surface area contributed by atoms with Crippen LogP contribution in [0.25, 0.3) is 0 Å². The molecule has 0 bridgehead atoms. The van der Waals surface area contributed by atoms with Gasteiger partial charge >= 0.3 is 21.7 Å². The van der Waals surface area contributed by atoms with Gasteiger partial charge in [-0.2, -0.15) is 5.57 Å². The molecule has 0 radical (unpaired) electrons. The Labute approximate surface area is 150 Å². The summed E-state index contributed by atoms with van der Waals surface area (Å²) in [5, 5.41) is 0. The number of hydrogen-bond donors (Lipinski definition) is 0. The van der Waals surface area contributed by atoms with Crippen LogP contribution in [0.3, 0.4) is 0 Å². The molecule has 4 heteroatoms. The molecule has 1 aromatic carbocycles. The Morgan fingerprint density at radius 3 is 2.05 bits per heavy atom. The zero-order chi connectivity index (χ0) is 10.8. The van der Waals surface area contributed by atoms with Crippen LogP contribution in [-0.2, 0) is 28.1 Å². The maximum atomic E-state index is 3.30. The largest absolute Gasteiger partial charge is 4.00 e. The quantitative estimate of drug-likeness (QED) is 0.369. The minimum absolute atomic E-state index is 0. The fourth-order valence-corrected chi connectivity index (χ4v) is 2.00. The molecule has 0 saturated carbocycles. The van der Waals surface area contributed by atoms with Crippen molar-refractivity contribution >= 4 is 0 Å². The SMILES string of the molecule is Cc1cc(C)c(CC2=[C-]C=CC2)cc1C.[Cl-].[Cl-].[Cl-].[Ti+4]. The van der Waals surface area contributed by atoms with Gasteiger partial charge in [0, 0.05) is 0 Å². The van der Waals surface area contributed by atoms with Crippen molar-refractivity contribution in [2.75, 3.05) is 0 Å². The number of allylic oxidation sites excluding steroid dienone is 4. The van der Waals surface area contributed by atoms with E-state index < -0.39 is 0 Å². The Bertz CT molecular complexity index is 451. The molecule has 0 aromatic heterocycles. The second-order valence-corrected chi connectivity index (χ2v) is 4.39. The Morgan fingerprint density at radius 1 is 0.947 bits per heavy atom. The molecule has 1 aromatic rings. The molecule has 1 aliphatic carbocycles. The van der Waals surface area contributed by atoms with Crippen LogP contribution in [0.15, 0.2) is 29.9 Å². The molecule has 19 heavy (non-hydrogen) atoms. The molecular formula is C15H17Cl3Ti. The van der Waals surface area contributed by atoms with Crippen LogP contribution in [0.1, 0.15) is 28.7 Å². The zero-order valence-corrected chi connectivity index (χ0v) is 15.2. The Morgan fingerprint density at radius 2 is 1.53 bits per heavy atom. The van der Waals surface area contributed by atoms with Gasteiger partial charge in [-0.1, -0.05) is 18.6 Å². The molecule has 2 rings (SSSR count). The molecule has 0 fully saturated rings. The number of rotatable bonds is 2. The van der Waals surface area contributed by atoms with Crippen molar-refractivity contribution in [3.63, 3.8) is 0 Å². The molecule has 0 amide bonds. The second-order valence-electron chi connectivity index (χ2n) is 4.39. The molecular weight excluding hydrogens is 334 g/mol. The maximum absolute atomic E-state index is 3.30. The maximum Gasteiger partial charge on any atom is 4.00 e. The summed E-state index contributed by atoms with van der Waals surface area (Å²) in [6.07, 6.45) is 9.64. The van der Waals surface area contributed by atoms with E-state index in [4.69, 9.17) is 0 Å². The van der Waals surface area contributed by atoms with Gasteiger partial charge in [0.05, 0.1) is 0 Å². The Balaban J connectivity index is -0.000000640. The monoisotopic (exact) mass is 350 g/mol. The first-order chi connectivity index (χ1) is 7.16. The van der Waals surface area contributed by atoms with Crippen molar-refractivity contribution in [1.82, 2.24) is 0 Å². The van der Waals surface area contributed by atoms with Crippen molar-refractivity contribution in [3.8, 4) is 0 Å². The third kappa shape index (κ3) is 6.51. The number of halogens is 3. The predicted molar refractivity (Wildman–Crippen MR) is 64.9 cm³/mol. The van der Waals surface area contributed by atoms with E-state index in [1.165, 1.54) is 27.8 Å². The van der Waals surface area contributed by atoms with Gasteiger partial charge < -0.3 is 37.2 Å². The van der Waals surface area contributed by atoms with Gasteiger partial charge in [-0.05, 0) is 49.4 Å². The molecule has 102 valence electrons. The molecule has 0 heterocycles. The molecule has 0 spiro atoms. The van der Waals surface area contributed by atoms with Gasteiger partial charge in [0.2, 0.25) is 0 Å². The molecule has 0 saturated heterocycles. The van der Waals surface area contributed by atoms with E-state index in [1.54, 1.807) is 0 Å². The molecule has 0 atom stereocenters. The van der Waals surface area contributed by atoms with E-state index in [0.717, 1.165) is 12.8 Å². The van der Waals surface area contributed by atoms with Crippen molar-refractivity contribution in [2.24, 2.45) is 0 Å². The van der Waals surface area contributed by atoms with Crippen molar-refractivity contribution in [3.05, 3.63) is 58.2 Å². The molecule has 0 nitrogen and oxygen atoms in total. The summed E-state index contributed by atoms with van der Waals surface area (Å²) in [4.78, 5) is 0. The van der Waals surface area contributed by atoms with Gasteiger partial charge in [0.25, 0.3) is 0 Å². The fraction of sp³-hybridized carbons (Fsp3) is 0.333. The summed E-state index contributed by atoms with van der Waals surface area (Å²) in [5.74, 6) is 0. The predicted octanol–water partition coefficient (Wildman–Crippen LogP) is -5.15. The van der Waals surface area contributed by atoms with E-state index in [9.17, 15) is 0 Å². The van der Waals surface area contributed by atoms with Crippen LogP contribution >= 0.6 is 0 Å². The van der Waals surface area contributed by atoms with Crippen LogP contribution in [0.5, 0.6) is 0 Å². The van der Waals surface area contributed by atoms with E-state index >= 15 is 0 Å². The standard InChI is InChI=1S/C15H17.3ClH.Ti/c1-11-8-13(3)15(9-12(11)2)10-14-6-4-5-7-14;;;;/h4-5,8-9H,6,10H2,1-3H3;3*1H;/q-1;;;;+4/p-3. The third-order valence-corrected chi connectivity index (χ3v) is 3.13. The minimum Gasteiger partial charge on any atom is -1.00 e. The van der Waals surface area contributed by atoms with Gasteiger partial charge in [-0.25, -0.2) is 12.2 Å². The van der Waals surface area contributed by atoms with Crippen molar-refractivity contribution in [2.45, 2.75) is 33.6 Å². The average Bonchev–Trinajstić information content (AvgIpc) is 2.67. The zero-order valence-electron chi connectivity index (χ0n) is 11.4. The first-order valence-corrected chi connectivity index (χ1v) is 5.50. The third-order valence-electron chi connectivity index (χ3n) is 3.13. The summed E-state index contributed by atoms with van der Waals surface area (Å²) in [6, 6.07) is 4.60. The minimum atomic E-state index is 0. The van der Waals surface area contributed by atoms with E-state index in [1.807, 2.05) is 6.08 Å². The summed E-state index contributed by atoms with van der Waals surface area (Å²) in [6.45, 7) is 6.56. The van der Waals surface area contributed by atoms with Gasteiger partial charge in [-0.15, -0.1) is 0 Å². The van der Waals surface area contributed by atoms with Gasteiger partial charge in [-0.3, -0.25) is 6.08 Å². The summed E-state index contributed by atoms with van der Waals surface area (Å²) in [7, 11) is 0. The summed E-state index contributed by atoms with van der Waals surface area (Å²) in [5.41, 5.74) is 7.03. The molecule has 0 aliphatic heterocycles. The van der Waals surface area contributed by atoms with Crippen LogP contribution in [0.4, 0.5) is 0 Å². The number of aryl methyl sites for hydroxylation is 3. The fourth-order valence-electron chi connectivity index (χ4n) is 2.00. The van der Waals surface area contributed by atoms with Gasteiger partial charge in [0.1, 0.15) is 0 Å². The topological polar surface area (TPSA) is 0 Å².